The normalized spacial score (nSPS) is 37.1. The van der Waals surface area contributed by atoms with Gasteiger partial charge in [0, 0.05) is 19.3 Å². The van der Waals surface area contributed by atoms with Gasteiger partial charge in [-0.25, -0.2) is 0 Å². The van der Waals surface area contributed by atoms with Gasteiger partial charge in [0.25, 0.3) is 0 Å². The van der Waals surface area contributed by atoms with Crippen LogP contribution in [0.3, 0.4) is 0 Å². The summed E-state index contributed by atoms with van der Waals surface area (Å²) >= 11 is 0. The summed E-state index contributed by atoms with van der Waals surface area (Å²) in [5.74, 6) is -1.28. The number of halogens is 5. The molecule has 0 aromatic rings. The van der Waals surface area contributed by atoms with Gasteiger partial charge in [0.15, 0.2) is 0 Å². The predicted octanol–water partition coefficient (Wildman–Crippen LogP) is 9.81. The van der Waals surface area contributed by atoms with E-state index in [0.29, 0.717) is 54.6 Å². The molecule has 0 spiro atoms. The third kappa shape index (κ3) is 7.97. The summed E-state index contributed by atoms with van der Waals surface area (Å²) in [6, 6.07) is 0. The van der Waals surface area contributed by atoms with E-state index < -0.39 is 18.5 Å². The number of fused-ring (bicyclic) bond motifs is 5. The second kappa shape index (κ2) is 14.3. The summed E-state index contributed by atoms with van der Waals surface area (Å²) in [4.78, 5) is 12.4. The maximum absolute atomic E-state index is 12.9. The number of carbonyl (C=O) groups excluding carboxylic acids is 1. The molecule has 250 valence electrons. The molecule has 4 aliphatic rings. The number of ketones is 1. The summed E-state index contributed by atoms with van der Waals surface area (Å²) in [7, 11) is 0. The van der Waals surface area contributed by atoms with Crippen molar-refractivity contribution in [1.29, 1.82) is 0 Å². The Morgan fingerprint density at radius 2 is 1.47 bits per heavy atom. The average molecular weight is 621 g/mol. The molecule has 0 radical (unpaired) electrons. The lowest BCUT2D eigenvalue weighted by Crippen LogP contribution is -2.57. The molecule has 2 N–H and O–H groups in total. The SMILES string of the molecule is C[C@]12CCC(=O)C[C@@H]1CC[C@@H]1[C@@H]2[C@@H](CCCC(O)CCCCCCCCCCC(F)(F)C(F)(F)F)C[C@]2(C)[C@@H](O)CC[C@@H]12. The molecule has 1 unspecified atom stereocenters. The van der Waals surface area contributed by atoms with E-state index in [-0.39, 0.29) is 29.5 Å². The first-order chi connectivity index (χ1) is 20.2. The van der Waals surface area contributed by atoms with E-state index in [9.17, 15) is 37.0 Å². The van der Waals surface area contributed by atoms with E-state index in [1.807, 2.05) is 0 Å². The van der Waals surface area contributed by atoms with E-state index in [0.717, 1.165) is 96.3 Å². The van der Waals surface area contributed by atoms with Gasteiger partial charge in [0.05, 0.1) is 12.2 Å². The van der Waals surface area contributed by atoms with Crippen LogP contribution < -0.4 is 0 Å². The molecular formula is C35H57F5O3. The zero-order valence-corrected chi connectivity index (χ0v) is 26.6. The van der Waals surface area contributed by atoms with Crippen molar-refractivity contribution in [2.75, 3.05) is 0 Å². The van der Waals surface area contributed by atoms with Gasteiger partial charge in [-0.05, 0) is 98.2 Å². The van der Waals surface area contributed by atoms with Crippen LogP contribution in [0.25, 0.3) is 0 Å². The largest absolute Gasteiger partial charge is 0.453 e. The van der Waals surface area contributed by atoms with E-state index in [1.54, 1.807) is 0 Å². The molecular weight excluding hydrogens is 563 g/mol. The van der Waals surface area contributed by atoms with Gasteiger partial charge >= 0.3 is 12.1 Å². The van der Waals surface area contributed by atoms with Gasteiger partial charge in [-0.2, -0.15) is 22.0 Å². The fraction of sp³-hybridized carbons (Fsp3) is 0.971. The Kier molecular flexibility index (Phi) is 11.7. The number of aliphatic hydroxyl groups is 2. The highest BCUT2D eigenvalue weighted by Gasteiger charge is 2.62. The molecule has 3 nitrogen and oxygen atoms in total. The number of unbranched alkanes of at least 4 members (excludes halogenated alkanes) is 7. The van der Waals surface area contributed by atoms with E-state index >= 15 is 0 Å². The lowest BCUT2D eigenvalue weighted by Gasteiger charge is -2.62. The van der Waals surface area contributed by atoms with E-state index in [2.05, 4.69) is 13.8 Å². The maximum atomic E-state index is 12.9. The zero-order valence-electron chi connectivity index (χ0n) is 26.6. The third-order valence-corrected chi connectivity index (χ3v) is 12.8. The first kappa shape index (κ1) is 35.1. The van der Waals surface area contributed by atoms with Crippen molar-refractivity contribution in [3.63, 3.8) is 0 Å². The topological polar surface area (TPSA) is 57.5 Å². The van der Waals surface area contributed by atoms with E-state index in [4.69, 9.17) is 0 Å². The summed E-state index contributed by atoms with van der Waals surface area (Å²) in [6.07, 6.45) is 10.1. The third-order valence-electron chi connectivity index (χ3n) is 12.8. The van der Waals surface area contributed by atoms with Gasteiger partial charge in [0.2, 0.25) is 0 Å². The Labute approximate surface area is 256 Å². The van der Waals surface area contributed by atoms with E-state index in [1.165, 1.54) is 6.42 Å². The fourth-order valence-corrected chi connectivity index (χ4v) is 10.4. The molecule has 0 heterocycles. The molecule has 43 heavy (non-hydrogen) atoms. The van der Waals surface area contributed by atoms with Gasteiger partial charge in [-0.1, -0.05) is 71.6 Å². The van der Waals surface area contributed by atoms with Crippen molar-refractivity contribution in [3.05, 3.63) is 0 Å². The highest BCUT2D eigenvalue weighted by atomic mass is 19.4. The number of hydrogen-bond donors (Lipinski definition) is 2. The summed E-state index contributed by atoms with van der Waals surface area (Å²) in [5, 5.41) is 21.8. The van der Waals surface area contributed by atoms with Crippen molar-refractivity contribution in [2.45, 2.75) is 173 Å². The summed E-state index contributed by atoms with van der Waals surface area (Å²) in [6.45, 7) is 4.81. The Hall–Kier alpha value is -0.760. The molecule has 0 aromatic carbocycles. The molecule has 4 saturated carbocycles. The highest BCUT2D eigenvalue weighted by molar-refractivity contribution is 5.79. The average Bonchev–Trinajstić information content (AvgIpc) is 3.23. The number of rotatable bonds is 15. The number of hydrogen-bond acceptors (Lipinski definition) is 3. The molecule has 8 heteroatoms. The quantitative estimate of drug-likeness (QED) is 0.142. The van der Waals surface area contributed by atoms with Crippen LogP contribution in [0.15, 0.2) is 0 Å². The molecule has 0 saturated heterocycles. The number of Topliss-reactive ketones (excluding diaryl/α,β-unsaturated/α-hetero) is 1. The Morgan fingerprint density at radius 1 is 0.837 bits per heavy atom. The number of alkyl halides is 5. The van der Waals surface area contributed by atoms with Crippen LogP contribution in [0.5, 0.6) is 0 Å². The van der Waals surface area contributed by atoms with Crippen molar-refractivity contribution < 1.29 is 37.0 Å². The lowest BCUT2D eigenvalue weighted by molar-refractivity contribution is -0.284. The van der Waals surface area contributed by atoms with Crippen LogP contribution in [0, 0.1) is 40.4 Å². The summed E-state index contributed by atoms with van der Waals surface area (Å²) < 4.78 is 62.5. The van der Waals surface area contributed by atoms with Crippen LogP contribution in [0.1, 0.15) is 149 Å². The standard InChI is InChI=1S/C35H57F5O3/c1-32-21-19-27(42)22-25(32)15-16-28-29-17-18-30(43)33(29,2)23-24(31(28)32)12-11-14-26(41)13-9-7-5-3-4-6-8-10-20-34(36,37)35(38,39)40/h24-26,28-31,41,43H,3-23H2,1-2H3/t24-,25-,26?,28-,29-,30-,31-,32-,33-/m0/s1. The zero-order chi connectivity index (χ0) is 31.5. The predicted molar refractivity (Wildman–Crippen MR) is 159 cm³/mol. The van der Waals surface area contributed by atoms with Crippen molar-refractivity contribution in [3.8, 4) is 0 Å². The van der Waals surface area contributed by atoms with Crippen molar-refractivity contribution in [1.82, 2.24) is 0 Å². The van der Waals surface area contributed by atoms with Crippen molar-refractivity contribution >= 4 is 5.78 Å². The van der Waals surface area contributed by atoms with Crippen LogP contribution in [0.2, 0.25) is 0 Å². The number of carbonyl (C=O) groups is 1. The first-order valence-electron chi connectivity index (χ1n) is 17.5. The van der Waals surface area contributed by atoms with Gasteiger partial charge in [0.1, 0.15) is 5.78 Å². The van der Waals surface area contributed by atoms with Crippen LogP contribution in [-0.2, 0) is 4.79 Å². The molecule has 9 atom stereocenters. The van der Waals surface area contributed by atoms with Crippen molar-refractivity contribution in [2.24, 2.45) is 40.4 Å². The maximum Gasteiger partial charge on any atom is 0.453 e. The number of aliphatic hydroxyl groups excluding tert-OH is 2. The Morgan fingerprint density at radius 3 is 2.14 bits per heavy atom. The first-order valence-corrected chi connectivity index (χ1v) is 17.5. The summed E-state index contributed by atoms with van der Waals surface area (Å²) in [5.41, 5.74) is 0.204. The minimum Gasteiger partial charge on any atom is -0.393 e. The molecule has 0 bridgehead atoms. The van der Waals surface area contributed by atoms with Gasteiger partial charge in [-0.15, -0.1) is 0 Å². The molecule has 0 aliphatic heterocycles. The van der Waals surface area contributed by atoms with Crippen LogP contribution in [-0.4, -0.2) is 40.3 Å². The molecule has 4 aliphatic carbocycles. The smallest absolute Gasteiger partial charge is 0.393 e. The minimum atomic E-state index is -5.45. The van der Waals surface area contributed by atoms with Crippen LogP contribution in [0.4, 0.5) is 22.0 Å². The van der Waals surface area contributed by atoms with Crippen LogP contribution >= 0.6 is 0 Å². The molecule has 0 aromatic heterocycles. The van der Waals surface area contributed by atoms with Gasteiger partial charge < -0.3 is 10.2 Å². The monoisotopic (exact) mass is 620 g/mol. The fourth-order valence-electron chi connectivity index (χ4n) is 10.4. The minimum absolute atomic E-state index is 0.00766. The molecule has 4 fully saturated rings. The Bertz CT molecular complexity index is 908. The highest BCUT2D eigenvalue weighted by Crippen LogP contribution is 2.68. The van der Waals surface area contributed by atoms with Gasteiger partial charge in [-0.3, -0.25) is 4.79 Å². The lowest BCUT2D eigenvalue weighted by atomic mass is 9.42. The molecule has 0 amide bonds. The second-order valence-corrected chi connectivity index (χ2v) is 15.5. The second-order valence-electron chi connectivity index (χ2n) is 15.5. The Balaban J connectivity index is 1.15. The molecule has 4 rings (SSSR count).